The van der Waals surface area contributed by atoms with E-state index >= 15 is 0 Å². The van der Waals surface area contributed by atoms with E-state index in [-0.39, 0.29) is 40.5 Å². The molecule has 2 amide bonds. The van der Waals surface area contributed by atoms with Crippen molar-refractivity contribution in [3.63, 3.8) is 0 Å². The summed E-state index contributed by atoms with van der Waals surface area (Å²) in [5.41, 5.74) is 7.99. The topological polar surface area (TPSA) is 110 Å². The summed E-state index contributed by atoms with van der Waals surface area (Å²) < 4.78 is 35.4. The van der Waals surface area contributed by atoms with Gasteiger partial charge in [-0.2, -0.15) is 0 Å². The van der Waals surface area contributed by atoms with Crippen LogP contribution in [0.4, 0.5) is 20.3 Å². The summed E-state index contributed by atoms with van der Waals surface area (Å²) >= 11 is 0. The molecule has 3 aromatic rings. The zero-order valence-corrected chi connectivity index (χ0v) is 20.1. The average Bonchev–Trinajstić information content (AvgIpc) is 3.69. The highest BCUT2D eigenvalue weighted by molar-refractivity contribution is 6.05. The number of hydrogen-bond donors (Lipinski definition) is 2. The van der Waals surface area contributed by atoms with Gasteiger partial charge in [-0.25, -0.2) is 18.7 Å². The van der Waals surface area contributed by atoms with Crippen molar-refractivity contribution in [2.45, 2.75) is 31.8 Å². The number of likely N-dealkylation sites (tertiary alicyclic amines) is 1. The van der Waals surface area contributed by atoms with Crippen LogP contribution in [0.15, 0.2) is 49.3 Å². The van der Waals surface area contributed by atoms with Crippen molar-refractivity contribution in [2.24, 2.45) is 0 Å². The van der Waals surface area contributed by atoms with Crippen LogP contribution in [0, 0.1) is 18.6 Å². The fourth-order valence-corrected chi connectivity index (χ4v) is 4.31. The van der Waals surface area contributed by atoms with Gasteiger partial charge in [-0.15, -0.1) is 0 Å². The van der Waals surface area contributed by atoms with Gasteiger partial charge < -0.3 is 20.7 Å². The van der Waals surface area contributed by atoms with Crippen LogP contribution in [0.3, 0.4) is 0 Å². The normalized spacial score (nSPS) is 15.2. The maximum atomic E-state index is 14.7. The Morgan fingerprint density at radius 2 is 1.95 bits per heavy atom. The molecular formula is C27H25F2N5O3. The molecule has 37 heavy (non-hydrogen) atoms. The summed E-state index contributed by atoms with van der Waals surface area (Å²) in [6.45, 7) is 5.79. The quantitative estimate of drug-likeness (QED) is 0.466. The number of nitrogens with two attached hydrogens (primary N) is 1. The lowest BCUT2D eigenvalue weighted by Crippen LogP contribution is -2.55. The van der Waals surface area contributed by atoms with E-state index in [0.717, 1.165) is 24.5 Å². The molecule has 2 aliphatic rings. The molecule has 5 rings (SSSR count). The van der Waals surface area contributed by atoms with Gasteiger partial charge in [-0.3, -0.25) is 9.59 Å². The van der Waals surface area contributed by atoms with Gasteiger partial charge in [0.05, 0.1) is 18.7 Å². The molecule has 1 aliphatic carbocycles. The third-order valence-corrected chi connectivity index (χ3v) is 6.61. The van der Waals surface area contributed by atoms with Crippen molar-refractivity contribution >= 4 is 23.3 Å². The standard InChI is InChI=1S/C27H25F2N5O3/c1-3-23(35)34-11-18(12-34)37-25-24(31-13-32-26(25)30)20-9-17(28)10-22(14(20)2)33-27(36)19-7-6-16(8-21(19)29)15-4-5-15/h3,6-10,13,15,18H,1,4-5,11-12H2,2H3,(H,33,36)(H2,30,31,32). The van der Waals surface area contributed by atoms with Crippen LogP contribution >= 0.6 is 0 Å². The van der Waals surface area contributed by atoms with Gasteiger partial charge in [-0.05, 0) is 67.2 Å². The van der Waals surface area contributed by atoms with E-state index in [1.165, 1.54) is 30.6 Å². The Bertz CT molecular complexity index is 1420. The smallest absolute Gasteiger partial charge is 0.258 e. The van der Waals surface area contributed by atoms with E-state index in [1.54, 1.807) is 17.9 Å². The van der Waals surface area contributed by atoms with Gasteiger partial charge in [0.15, 0.2) is 11.6 Å². The largest absolute Gasteiger partial charge is 0.481 e. The van der Waals surface area contributed by atoms with E-state index in [4.69, 9.17) is 10.5 Å². The number of hydrogen-bond acceptors (Lipinski definition) is 6. The van der Waals surface area contributed by atoms with Gasteiger partial charge in [0.2, 0.25) is 5.91 Å². The van der Waals surface area contributed by atoms with Crippen LogP contribution in [0.1, 0.15) is 40.2 Å². The molecule has 2 heterocycles. The summed E-state index contributed by atoms with van der Waals surface area (Å²) in [5.74, 6) is -1.63. The van der Waals surface area contributed by atoms with Crippen molar-refractivity contribution in [3.8, 4) is 17.0 Å². The van der Waals surface area contributed by atoms with Gasteiger partial charge in [0.25, 0.3) is 5.91 Å². The number of nitrogens with zero attached hydrogens (tertiary/aromatic N) is 3. The molecule has 0 atom stereocenters. The first-order valence-electron chi connectivity index (χ1n) is 11.8. The highest BCUT2D eigenvalue weighted by Crippen LogP contribution is 2.41. The Morgan fingerprint density at radius 3 is 2.62 bits per heavy atom. The minimum atomic E-state index is -0.695. The summed E-state index contributed by atoms with van der Waals surface area (Å²) in [6.07, 6.45) is 4.13. The third-order valence-electron chi connectivity index (χ3n) is 6.61. The zero-order chi connectivity index (χ0) is 26.3. The van der Waals surface area contributed by atoms with E-state index in [2.05, 4.69) is 21.9 Å². The summed E-state index contributed by atoms with van der Waals surface area (Å²) in [6, 6.07) is 6.98. The van der Waals surface area contributed by atoms with E-state index < -0.39 is 17.5 Å². The molecule has 0 unspecified atom stereocenters. The number of carbonyl (C=O) groups is 2. The Morgan fingerprint density at radius 1 is 1.19 bits per heavy atom. The fraction of sp³-hybridized carbons (Fsp3) is 0.259. The maximum absolute atomic E-state index is 14.7. The van der Waals surface area contributed by atoms with Gasteiger partial charge in [-0.1, -0.05) is 12.6 Å². The lowest BCUT2D eigenvalue weighted by molar-refractivity contribution is -0.134. The van der Waals surface area contributed by atoms with E-state index in [9.17, 15) is 18.4 Å². The lowest BCUT2D eigenvalue weighted by Gasteiger charge is -2.38. The molecule has 1 saturated carbocycles. The molecule has 1 aliphatic heterocycles. The number of halogens is 2. The fourth-order valence-electron chi connectivity index (χ4n) is 4.31. The first-order chi connectivity index (χ1) is 17.7. The number of anilines is 2. The minimum absolute atomic E-state index is 0.0468. The molecule has 2 fully saturated rings. The molecule has 190 valence electrons. The number of nitrogens with one attached hydrogen (secondary N) is 1. The Balaban J connectivity index is 1.42. The molecule has 0 radical (unpaired) electrons. The van der Waals surface area contributed by atoms with Crippen molar-refractivity contribution in [3.05, 3.63) is 77.6 Å². The molecule has 0 bridgehead atoms. The molecule has 3 N–H and O–H groups in total. The predicted molar refractivity (Wildman–Crippen MR) is 134 cm³/mol. The minimum Gasteiger partial charge on any atom is -0.481 e. The van der Waals surface area contributed by atoms with Crippen molar-refractivity contribution in [1.29, 1.82) is 0 Å². The second-order valence-corrected chi connectivity index (χ2v) is 9.22. The van der Waals surface area contributed by atoms with Gasteiger partial charge in [0.1, 0.15) is 29.8 Å². The summed E-state index contributed by atoms with van der Waals surface area (Å²) in [4.78, 5) is 34.4. The molecule has 8 nitrogen and oxygen atoms in total. The Kier molecular flexibility index (Phi) is 6.32. The molecule has 2 aromatic carbocycles. The lowest BCUT2D eigenvalue weighted by atomic mass is 10.0. The van der Waals surface area contributed by atoms with E-state index in [1.807, 2.05) is 0 Å². The predicted octanol–water partition coefficient (Wildman–Crippen LogP) is 4.22. The van der Waals surface area contributed by atoms with Crippen LogP contribution < -0.4 is 15.8 Å². The van der Waals surface area contributed by atoms with Crippen LogP contribution in [-0.4, -0.2) is 45.9 Å². The van der Waals surface area contributed by atoms with Crippen molar-refractivity contribution < 1.29 is 23.1 Å². The van der Waals surface area contributed by atoms with E-state index in [0.29, 0.717) is 30.1 Å². The van der Waals surface area contributed by atoms with Crippen molar-refractivity contribution in [1.82, 2.24) is 14.9 Å². The van der Waals surface area contributed by atoms with Gasteiger partial charge >= 0.3 is 0 Å². The van der Waals surface area contributed by atoms with Gasteiger partial charge in [0, 0.05) is 11.3 Å². The number of amides is 2. The number of benzene rings is 2. The number of ether oxygens (including phenoxy) is 1. The summed E-state index contributed by atoms with van der Waals surface area (Å²) in [7, 11) is 0. The number of nitrogen functional groups attached to an aromatic ring is 1. The molecule has 0 spiro atoms. The third kappa shape index (κ3) is 4.87. The molecule has 1 aromatic heterocycles. The second kappa shape index (κ2) is 9.61. The van der Waals surface area contributed by atoms with Crippen LogP contribution in [-0.2, 0) is 4.79 Å². The van der Waals surface area contributed by atoms with Crippen LogP contribution in [0.5, 0.6) is 5.75 Å². The number of carbonyl (C=O) groups excluding carboxylic acids is 2. The van der Waals surface area contributed by atoms with Crippen LogP contribution in [0.2, 0.25) is 0 Å². The summed E-state index contributed by atoms with van der Waals surface area (Å²) in [5, 5.41) is 2.62. The molecular weight excluding hydrogens is 480 g/mol. The highest BCUT2D eigenvalue weighted by Gasteiger charge is 2.33. The first-order valence-corrected chi connectivity index (χ1v) is 11.8. The monoisotopic (exact) mass is 505 g/mol. The highest BCUT2D eigenvalue weighted by atomic mass is 19.1. The Labute approximate surface area is 212 Å². The second-order valence-electron chi connectivity index (χ2n) is 9.22. The number of rotatable bonds is 7. The molecule has 1 saturated heterocycles. The molecule has 10 heteroatoms. The SMILES string of the molecule is C=CC(=O)N1CC(Oc2c(N)ncnc2-c2cc(F)cc(NC(=O)c3ccc(C4CC4)cc3F)c2C)C1. The zero-order valence-electron chi connectivity index (χ0n) is 20.1. The maximum Gasteiger partial charge on any atom is 0.258 e. The van der Waals surface area contributed by atoms with Crippen molar-refractivity contribution in [2.75, 3.05) is 24.1 Å². The average molecular weight is 506 g/mol. The first kappa shape index (κ1) is 24.4. The van der Waals surface area contributed by atoms with Crippen LogP contribution in [0.25, 0.3) is 11.3 Å². The number of aromatic nitrogens is 2. The Hall–Kier alpha value is -4.34.